The Balaban J connectivity index is 1.68. The molecule has 2 N–H and O–H groups in total. The number of nitrogens with zero attached hydrogens (tertiary/aromatic N) is 4. The highest BCUT2D eigenvalue weighted by Crippen LogP contribution is 2.26. The van der Waals surface area contributed by atoms with Crippen molar-refractivity contribution in [2.45, 2.75) is 24.9 Å². The van der Waals surface area contributed by atoms with Crippen molar-refractivity contribution in [3.63, 3.8) is 0 Å². The van der Waals surface area contributed by atoms with Crippen molar-refractivity contribution in [2.24, 2.45) is 0 Å². The van der Waals surface area contributed by atoms with Crippen LogP contribution < -0.4 is 10.2 Å². The van der Waals surface area contributed by atoms with E-state index in [0.717, 1.165) is 37.6 Å². The van der Waals surface area contributed by atoms with Crippen molar-refractivity contribution in [2.75, 3.05) is 44.0 Å². The zero-order valence-corrected chi connectivity index (χ0v) is 15.0. The van der Waals surface area contributed by atoms with Crippen LogP contribution in [0.1, 0.15) is 23.8 Å². The Kier molecular flexibility index (Phi) is 5.65. The molecule has 0 aliphatic carbocycles. The average Bonchev–Trinajstić information content (AvgIpc) is 3.26. The van der Waals surface area contributed by atoms with Crippen LogP contribution in [0.3, 0.4) is 0 Å². The Morgan fingerprint density at radius 3 is 3.04 bits per heavy atom. The molecule has 0 bridgehead atoms. The van der Waals surface area contributed by atoms with Crippen LogP contribution in [-0.4, -0.2) is 59.8 Å². The molecular weight excluding hydrogens is 322 g/mol. The smallest absolute Gasteiger partial charge is 0.134 e. The molecule has 2 aromatic rings. The highest BCUT2D eigenvalue weighted by Gasteiger charge is 2.25. The van der Waals surface area contributed by atoms with E-state index in [-0.39, 0.29) is 12.6 Å². The van der Waals surface area contributed by atoms with E-state index >= 15 is 0 Å². The van der Waals surface area contributed by atoms with Gasteiger partial charge in [0.25, 0.3) is 0 Å². The molecule has 1 aliphatic heterocycles. The number of nitrogens with one attached hydrogen (secondary N) is 1. The zero-order valence-electron chi connectivity index (χ0n) is 14.2. The van der Waals surface area contributed by atoms with E-state index in [4.69, 9.17) is 0 Å². The van der Waals surface area contributed by atoms with Crippen molar-refractivity contribution in [3.8, 4) is 0 Å². The lowest BCUT2D eigenvalue weighted by Crippen LogP contribution is -2.32. The molecule has 6 nitrogen and oxygen atoms in total. The van der Waals surface area contributed by atoms with Gasteiger partial charge in [0.2, 0.25) is 0 Å². The summed E-state index contributed by atoms with van der Waals surface area (Å²) in [6, 6.07) is 6.71. The fourth-order valence-electron chi connectivity index (χ4n) is 3.15. The maximum Gasteiger partial charge on any atom is 0.134 e. The molecule has 0 aromatic carbocycles. The topological polar surface area (TPSA) is 64.5 Å². The van der Waals surface area contributed by atoms with E-state index < -0.39 is 0 Å². The van der Waals surface area contributed by atoms with Crippen LogP contribution in [0.15, 0.2) is 29.9 Å². The van der Waals surface area contributed by atoms with E-state index in [0.29, 0.717) is 6.04 Å². The standard InChI is InChI=1S/C17H25N5OS/c1-21(2)14(15-6-4-8-24-15)10-18-16-9-17(20-12-19-16)22-7-3-5-13(22)11-23/h4,6,8-9,12-14,23H,3,5,7,10-11H2,1-2H3,(H,18,19,20)/t13-,14-/m0/s1. The summed E-state index contributed by atoms with van der Waals surface area (Å²) < 4.78 is 0. The highest BCUT2D eigenvalue weighted by atomic mass is 32.1. The number of thiophene rings is 1. The molecule has 2 atom stereocenters. The van der Waals surface area contributed by atoms with Gasteiger partial charge in [-0.25, -0.2) is 9.97 Å². The number of rotatable bonds is 7. The van der Waals surface area contributed by atoms with Crippen molar-refractivity contribution in [1.82, 2.24) is 14.9 Å². The normalized spacial score (nSPS) is 19.0. The molecular formula is C17H25N5OS. The van der Waals surface area contributed by atoms with E-state index in [1.165, 1.54) is 4.88 Å². The number of hydrogen-bond acceptors (Lipinski definition) is 7. The van der Waals surface area contributed by atoms with E-state index in [1.807, 2.05) is 6.07 Å². The Bertz CT molecular complexity index is 634. The molecule has 0 radical (unpaired) electrons. The third-order valence-corrected chi connectivity index (χ3v) is 5.48. The summed E-state index contributed by atoms with van der Waals surface area (Å²) in [7, 11) is 4.18. The second-order valence-corrected chi connectivity index (χ2v) is 7.29. The number of likely N-dealkylation sites (N-methyl/N-ethyl adjacent to an activating group) is 1. The van der Waals surface area contributed by atoms with Crippen LogP contribution in [0.2, 0.25) is 0 Å². The number of hydrogen-bond donors (Lipinski definition) is 2. The molecule has 7 heteroatoms. The molecule has 0 amide bonds. The molecule has 1 aliphatic rings. The van der Waals surface area contributed by atoms with Crippen LogP contribution in [0.4, 0.5) is 11.6 Å². The van der Waals surface area contributed by atoms with Gasteiger partial charge in [0.1, 0.15) is 18.0 Å². The van der Waals surface area contributed by atoms with Gasteiger partial charge in [-0.2, -0.15) is 0 Å². The second kappa shape index (κ2) is 7.92. The maximum absolute atomic E-state index is 9.50. The number of aliphatic hydroxyl groups is 1. The molecule has 3 rings (SSSR count). The molecule has 1 fully saturated rings. The van der Waals surface area contributed by atoms with Gasteiger partial charge in [0.05, 0.1) is 18.7 Å². The number of anilines is 2. The monoisotopic (exact) mass is 347 g/mol. The lowest BCUT2D eigenvalue weighted by atomic mass is 10.2. The first-order chi connectivity index (χ1) is 11.7. The molecule has 1 saturated heterocycles. The molecule has 130 valence electrons. The van der Waals surface area contributed by atoms with E-state index in [1.54, 1.807) is 17.7 Å². The second-order valence-electron chi connectivity index (χ2n) is 6.31. The van der Waals surface area contributed by atoms with Crippen molar-refractivity contribution < 1.29 is 5.11 Å². The largest absolute Gasteiger partial charge is 0.394 e. The Hall–Kier alpha value is -1.70. The van der Waals surface area contributed by atoms with Gasteiger partial charge < -0.3 is 20.2 Å². The first-order valence-corrected chi connectivity index (χ1v) is 9.20. The fraction of sp³-hybridized carbons (Fsp3) is 0.529. The van der Waals surface area contributed by atoms with Crippen molar-refractivity contribution >= 4 is 23.0 Å². The predicted molar refractivity (Wildman–Crippen MR) is 98.7 cm³/mol. The van der Waals surface area contributed by atoms with Crippen LogP contribution in [0.25, 0.3) is 0 Å². The summed E-state index contributed by atoms with van der Waals surface area (Å²) in [6.45, 7) is 1.90. The lowest BCUT2D eigenvalue weighted by molar-refractivity contribution is 0.266. The zero-order chi connectivity index (χ0) is 16.9. The average molecular weight is 347 g/mol. The van der Waals surface area contributed by atoms with Crippen LogP contribution in [0.5, 0.6) is 0 Å². The Labute approximate surface area is 147 Å². The summed E-state index contributed by atoms with van der Waals surface area (Å²) in [5.41, 5.74) is 0. The summed E-state index contributed by atoms with van der Waals surface area (Å²) in [6.07, 6.45) is 3.71. The fourth-order valence-corrected chi connectivity index (χ4v) is 4.07. The molecule has 0 spiro atoms. The van der Waals surface area contributed by atoms with Gasteiger partial charge in [-0.1, -0.05) is 6.07 Å². The van der Waals surface area contributed by atoms with Gasteiger partial charge >= 0.3 is 0 Å². The predicted octanol–water partition coefficient (Wildman–Crippen LogP) is 2.21. The van der Waals surface area contributed by atoms with Crippen LogP contribution >= 0.6 is 11.3 Å². The minimum Gasteiger partial charge on any atom is -0.394 e. The maximum atomic E-state index is 9.50. The molecule has 2 aromatic heterocycles. The van der Waals surface area contributed by atoms with Crippen LogP contribution in [0, 0.1) is 0 Å². The summed E-state index contributed by atoms with van der Waals surface area (Å²) >= 11 is 1.77. The first kappa shape index (κ1) is 17.1. The first-order valence-electron chi connectivity index (χ1n) is 8.32. The van der Waals surface area contributed by atoms with Gasteiger partial charge in [0.15, 0.2) is 0 Å². The summed E-state index contributed by atoms with van der Waals surface area (Å²) in [5, 5.41) is 15.0. The Morgan fingerprint density at radius 2 is 2.33 bits per heavy atom. The molecule has 0 unspecified atom stereocenters. The summed E-state index contributed by atoms with van der Waals surface area (Å²) in [5.74, 6) is 1.72. The third kappa shape index (κ3) is 3.85. The third-order valence-electron chi connectivity index (χ3n) is 4.51. The number of aromatic nitrogens is 2. The van der Waals surface area contributed by atoms with Gasteiger partial charge in [0, 0.05) is 24.0 Å². The Morgan fingerprint density at radius 1 is 1.46 bits per heavy atom. The van der Waals surface area contributed by atoms with Gasteiger partial charge in [-0.15, -0.1) is 11.3 Å². The van der Waals surface area contributed by atoms with Gasteiger partial charge in [-0.3, -0.25) is 0 Å². The van der Waals surface area contributed by atoms with E-state index in [2.05, 4.69) is 56.7 Å². The summed E-state index contributed by atoms with van der Waals surface area (Å²) in [4.78, 5) is 14.5. The molecule has 24 heavy (non-hydrogen) atoms. The van der Waals surface area contributed by atoms with Crippen LogP contribution in [-0.2, 0) is 0 Å². The quantitative estimate of drug-likeness (QED) is 0.801. The highest BCUT2D eigenvalue weighted by molar-refractivity contribution is 7.10. The molecule has 0 saturated carbocycles. The van der Waals surface area contributed by atoms with E-state index in [9.17, 15) is 5.11 Å². The minimum absolute atomic E-state index is 0.174. The number of aliphatic hydroxyl groups excluding tert-OH is 1. The van der Waals surface area contributed by atoms with Crippen molar-refractivity contribution in [1.29, 1.82) is 0 Å². The van der Waals surface area contributed by atoms with Crippen molar-refractivity contribution in [3.05, 3.63) is 34.8 Å². The lowest BCUT2D eigenvalue weighted by Gasteiger charge is -2.25. The SMILES string of the molecule is CN(C)[C@@H](CNc1cc(N2CCC[C@H]2CO)ncn1)c1cccs1. The van der Waals surface area contributed by atoms with Gasteiger partial charge in [-0.05, 0) is 38.4 Å². The minimum atomic E-state index is 0.174. The molecule has 3 heterocycles.